The van der Waals surface area contributed by atoms with Crippen LogP contribution in [0.3, 0.4) is 0 Å². The lowest BCUT2D eigenvalue weighted by molar-refractivity contribution is -0.136. The number of nitrogens with one attached hydrogen (secondary N) is 1. The summed E-state index contributed by atoms with van der Waals surface area (Å²) in [6, 6.07) is 0.288. The summed E-state index contributed by atoms with van der Waals surface area (Å²) in [6.07, 6.45) is 2.47. The smallest absolute Gasteiger partial charge is 0.228 e. The van der Waals surface area contributed by atoms with Gasteiger partial charge in [-0.05, 0) is 19.9 Å². The first kappa shape index (κ1) is 18.2. The fourth-order valence-corrected chi connectivity index (χ4v) is 3.16. The highest BCUT2D eigenvalue weighted by Crippen LogP contribution is 2.25. The summed E-state index contributed by atoms with van der Waals surface area (Å²) in [5.41, 5.74) is 0. The van der Waals surface area contributed by atoms with Crippen LogP contribution in [-0.4, -0.2) is 74.6 Å². The molecule has 2 saturated heterocycles. The minimum atomic E-state index is -0.170. The molecule has 0 radical (unpaired) electrons. The maximum atomic E-state index is 12.6. The van der Waals surface area contributed by atoms with Gasteiger partial charge in [0, 0.05) is 45.8 Å². The lowest BCUT2D eigenvalue weighted by Crippen LogP contribution is -2.44. The maximum absolute atomic E-state index is 12.6. The lowest BCUT2D eigenvalue weighted by Gasteiger charge is -2.27. The molecule has 0 spiro atoms. The van der Waals surface area contributed by atoms with Gasteiger partial charge in [0.2, 0.25) is 11.8 Å². The highest BCUT2D eigenvalue weighted by Gasteiger charge is 2.39. The number of amides is 2. The van der Waals surface area contributed by atoms with E-state index in [2.05, 4.69) is 5.32 Å². The number of carbonyl (C=O) groups excluding carboxylic acids is 2. The molecule has 2 amide bonds. The first-order valence-electron chi connectivity index (χ1n) is 7.39. The molecular weight excluding hydrogens is 294 g/mol. The topological polar surface area (TPSA) is 61.9 Å². The number of likely N-dealkylation sites (N-methyl/N-ethyl adjacent to an activating group) is 1. The SMILES string of the molecule is CNCC1CCCN1C(=O)C1CC(=O)N(CCOC)C1.Cl. The molecular formula is C14H26ClN3O3. The van der Waals surface area contributed by atoms with Crippen molar-refractivity contribution < 1.29 is 14.3 Å². The normalized spacial score (nSPS) is 25.3. The molecule has 21 heavy (non-hydrogen) atoms. The molecule has 0 aromatic heterocycles. The van der Waals surface area contributed by atoms with Gasteiger partial charge in [0.25, 0.3) is 0 Å². The molecule has 6 nitrogen and oxygen atoms in total. The molecule has 2 unspecified atom stereocenters. The van der Waals surface area contributed by atoms with Gasteiger partial charge < -0.3 is 19.9 Å². The third-order valence-corrected chi connectivity index (χ3v) is 4.23. The molecule has 2 atom stereocenters. The molecule has 0 aliphatic carbocycles. The first-order valence-corrected chi connectivity index (χ1v) is 7.39. The Morgan fingerprint density at radius 2 is 2.24 bits per heavy atom. The Hall–Kier alpha value is -0.850. The molecule has 0 aromatic rings. The fourth-order valence-electron chi connectivity index (χ4n) is 3.16. The highest BCUT2D eigenvalue weighted by atomic mass is 35.5. The van der Waals surface area contributed by atoms with Crippen molar-refractivity contribution in [2.75, 3.05) is 46.9 Å². The van der Waals surface area contributed by atoms with Gasteiger partial charge in [0.05, 0.1) is 12.5 Å². The number of likely N-dealkylation sites (tertiary alicyclic amines) is 2. The molecule has 1 N–H and O–H groups in total. The Morgan fingerprint density at radius 1 is 1.48 bits per heavy atom. The largest absolute Gasteiger partial charge is 0.383 e. The van der Waals surface area contributed by atoms with Crippen LogP contribution in [0.1, 0.15) is 19.3 Å². The number of rotatable bonds is 6. The fraction of sp³-hybridized carbons (Fsp3) is 0.857. The summed E-state index contributed by atoms with van der Waals surface area (Å²) < 4.78 is 5.00. The second kappa shape index (κ2) is 8.56. The van der Waals surface area contributed by atoms with Crippen LogP contribution in [0, 0.1) is 5.92 Å². The average Bonchev–Trinajstić information content (AvgIpc) is 3.03. The quantitative estimate of drug-likeness (QED) is 0.755. The van der Waals surface area contributed by atoms with Crippen molar-refractivity contribution in [3.63, 3.8) is 0 Å². The van der Waals surface area contributed by atoms with Gasteiger partial charge in [-0.1, -0.05) is 0 Å². The van der Waals surface area contributed by atoms with E-state index in [1.165, 1.54) is 0 Å². The van der Waals surface area contributed by atoms with E-state index >= 15 is 0 Å². The van der Waals surface area contributed by atoms with Crippen LogP contribution in [0.15, 0.2) is 0 Å². The minimum Gasteiger partial charge on any atom is -0.383 e. The van der Waals surface area contributed by atoms with Crippen LogP contribution in [0.2, 0.25) is 0 Å². The Labute approximate surface area is 132 Å². The van der Waals surface area contributed by atoms with Crippen LogP contribution < -0.4 is 5.32 Å². The number of hydrogen-bond donors (Lipinski definition) is 1. The third-order valence-electron chi connectivity index (χ3n) is 4.23. The zero-order valence-corrected chi connectivity index (χ0v) is 13.7. The van der Waals surface area contributed by atoms with Crippen molar-refractivity contribution in [1.82, 2.24) is 15.1 Å². The molecule has 0 saturated carbocycles. The second-order valence-corrected chi connectivity index (χ2v) is 5.62. The van der Waals surface area contributed by atoms with Crippen LogP contribution in [0.25, 0.3) is 0 Å². The number of halogens is 1. The van der Waals surface area contributed by atoms with E-state index in [1.54, 1.807) is 12.0 Å². The van der Waals surface area contributed by atoms with Crippen LogP contribution >= 0.6 is 12.4 Å². The van der Waals surface area contributed by atoms with Gasteiger partial charge in [-0.2, -0.15) is 0 Å². The Bertz CT molecular complexity index is 367. The van der Waals surface area contributed by atoms with E-state index < -0.39 is 0 Å². The van der Waals surface area contributed by atoms with Crippen LogP contribution in [0.4, 0.5) is 0 Å². The van der Waals surface area contributed by atoms with Crippen molar-refractivity contribution in [3.8, 4) is 0 Å². The van der Waals surface area contributed by atoms with Gasteiger partial charge in [-0.3, -0.25) is 9.59 Å². The monoisotopic (exact) mass is 319 g/mol. The molecule has 122 valence electrons. The molecule has 2 aliphatic heterocycles. The highest BCUT2D eigenvalue weighted by molar-refractivity contribution is 5.89. The molecule has 2 rings (SSSR count). The lowest BCUT2D eigenvalue weighted by atomic mass is 10.1. The maximum Gasteiger partial charge on any atom is 0.228 e. The van der Waals surface area contributed by atoms with Crippen molar-refractivity contribution in [2.24, 2.45) is 5.92 Å². The predicted octanol–water partition coefficient (Wildman–Crippen LogP) is 0.114. The molecule has 2 fully saturated rings. The molecule has 0 aromatic carbocycles. The average molecular weight is 320 g/mol. The Kier molecular flexibility index (Phi) is 7.42. The number of ether oxygens (including phenoxy) is 1. The van der Waals surface area contributed by atoms with Gasteiger partial charge in [0.1, 0.15) is 0 Å². The van der Waals surface area contributed by atoms with Crippen molar-refractivity contribution in [3.05, 3.63) is 0 Å². The second-order valence-electron chi connectivity index (χ2n) is 5.62. The summed E-state index contributed by atoms with van der Waals surface area (Å²) in [5, 5.41) is 3.14. The Morgan fingerprint density at radius 3 is 2.90 bits per heavy atom. The number of hydrogen-bond acceptors (Lipinski definition) is 4. The summed E-state index contributed by atoms with van der Waals surface area (Å²) >= 11 is 0. The van der Waals surface area contributed by atoms with E-state index in [-0.39, 0.29) is 36.2 Å². The van der Waals surface area contributed by atoms with Crippen molar-refractivity contribution >= 4 is 24.2 Å². The van der Waals surface area contributed by atoms with Crippen molar-refractivity contribution in [1.29, 1.82) is 0 Å². The summed E-state index contributed by atoms with van der Waals surface area (Å²) in [7, 11) is 3.53. The summed E-state index contributed by atoms with van der Waals surface area (Å²) in [4.78, 5) is 28.2. The van der Waals surface area contributed by atoms with Crippen LogP contribution in [0.5, 0.6) is 0 Å². The van der Waals surface area contributed by atoms with E-state index in [0.29, 0.717) is 26.1 Å². The number of carbonyl (C=O) groups is 2. The zero-order chi connectivity index (χ0) is 14.5. The van der Waals surface area contributed by atoms with Gasteiger partial charge in [-0.15, -0.1) is 12.4 Å². The number of nitrogens with zero attached hydrogens (tertiary/aromatic N) is 2. The molecule has 2 aliphatic rings. The van der Waals surface area contributed by atoms with Gasteiger partial charge in [-0.25, -0.2) is 0 Å². The van der Waals surface area contributed by atoms with E-state index in [1.807, 2.05) is 11.9 Å². The predicted molar refractivity (Wildman–Crippen MR) is 82.5 cm³/mol. The van der Waals surface area contributed by atoms with Gasteiger partial charge in [0.15, 0.2) is 0 Å². The standard InChI is InChI=1S/C14H25N3O3.ClH/c1-15-9-12-4-3-5-17(12)14(19)11-8-13(18)16(10-11)6-7-20-2;/h11-12,15H,3-10H2,1-2H3;1H. The molecule has 2 heterocycles. The van der Waals surface area contributed by atoms with E-state index in [4.69, 9.17) is 4.74 Å². The summed E-state index contributed by atoms with van der Waals surface area (Å²) in [5.74, 6) is 0.0533. The third kappa shape index (κ3) is 4.31. The Balaban J connectivity index is 0.00000220. The van der Waals surface area contributed by atoms with E-state index in [0.717, 1.165) is 25.9 Å². The van der Waals surface area contributed by atoms with Crippen molar-refractivity contribution in [2.45, 2.75) is 25.3 Å². The van der Waals surface area contributed by atoms with E-state index in [9.17, 15) is 9.59 Å². The zero-order valence-electron chi connectivity index (χ0n) is 12.8. The number of methoxy groups -OCH3 is 1. The summed E-state index contributed by atoms with van der Waals surface area (Å²) in [6.45, 7) is 3.31. The molecule has 7 heteroatoms. The van der Waals surface area contributed by atoms with Crippen LogP contribution in [-0.2, 0) is 14.3 Å². The van der Waals surface area contributed by atoms with Gasteiger partial charge >= 0.3 is 0 Å². The molecule has 0 bridgehead atoms. The minimum absolute atomic E-state index is 0. The first-order chi connectivity index (χ1) is 9.67.